The molecule has 0 bridgehead atoms. The van der Waals surface area contributed by atoms with Crippen LogP contribution in [0, 0.1) is 7.05 Å². The molecule has 0 atom stereocenters. The summed E-state index contributed by atoms with van der Waals surface area (Å²) >= 11 is 0. The Bertz CT molecular complexity index is 119. The van der Waals surface area contributed by atoms with Crippen LogP contribution in [0.2, 0.25) is 0 Å². The molecular weight excluding hydrogens is 122 g/mol. The zero-order chi connectivity index (χ0) is 7.03. The minimum absolute atomic E-state index is 0.569. The van der Waals surface area contributed by atoms with Gasteiger partial charge in [-0.05, 0) is 37.8 Å². The van der Waals surface area contributed by atoms with Crippen molar-refractivity contribution < 1.29 is 0 Å². The van der Waals surface area contributed by atoms with Crippen LogP contribution in [0.4, 0.5) is 0 Å². The van der Waals surface area contributed by atoms with Crippen LogP contribution >= 0.6 is 0 Å². The fraction of sp³-hybridized carbons (Fsp3) is 0.889. The maximum absolute atomic E-state index is 4.11. The molecule has 10 heavy (non-hydrogen) atoms. The lowest BCUT2D eigenvalue weighted by Gasteiger charge is -2.38. The number of hydrogen-bond acceptors (Lipinski definition) is 1. The molecule has 0 radical (unpaired) electrons. The molecule has 0 aromatic rings. The van der Waals surface area contributed by atoms with Crippen molar-refractivity contribution in [2.45, 2.75) is 44.1 Å². The van der Waals surface area contributed by atoms with E-state index in [1.165, 1.54) is 45.1 Å². The standard InChI is InChI=1S/C9H16N/c1-10-8-4-7-9(10)5-2-3-6-9/h1-8H2/q-1. The van der Waals surface area contributed by atoms with Gasteiger partial charge in [0.1, 0.15) is 0 Å². The smallest absolute Gasteiger partial charge is 0.00670 e. The molecule has 2 aliphatic rings. The fourth-order valence-corrected chi connectivity index (χ4v) is 2.59. The highest BCUT2D eigenvalue weighted by atomic mass is 15.2. The molecule has 1 nitrogen and oxygen atoms in total. The van der Waals surface area contributed by atoms with Gasteiger partial charge >= 0.3 is 0 Å². The predicted molar refractivity (Wildman–Crippen MR) is 42.5 cm³/mol. The van der Waals surface area contributed by atoms with E-state index in [9.17, 15) is 0 Å². The van der Waals surface area contributed by atoms with E-state index in [-0.39, 0.29) is 0 Å². The van der Waals surface area contributed by atoms with Crippen LogP contribution < -0.4 is 0 Å². The molecule has 58 valence electrons. The van der Waals surface area contributed by atoms with E-state index >= 15 is 0 Å². The summed E-state index contributed by atoms with van der Waals surface area (Å²) in [5, 5.41) is 0. The molecule has 1 saturated carbocycles. The Morgan fingerprint density at radius 2 is 1.60 bits per heavy atom. The van der Waals surface area contributed by atoms with Crippen molar-refractivity contribution >= 4 is 0 Å². The Balaban J connectivity index is 2.11. The predicted octanol–water partition coefficient (Wildman–Crippen LogP) is 2.19. The summed E-state index contributed by atoms with van der Waals surface area (Å²) < 4.78 is 0. The lowest BCUT2D eigenvalue weighted by Crippen LogP contribution is -2.36. The topological polar surface area (TPSA) is 3.24 Å². The summed E-state index contributed by atoms with van der Waals surface area (Å²) in [4.78, 5) is 2.35. The maximum atomic E-state index is 4.11. The van der Waals surface area contributed by atoms with Crippen molar-refractivity contribution in [3.63, 3.8) is 0 Å². The Morgan fingerprint density at radius 1 is 1.00 bits per heavy atom. The zero-order valence-corrected chi connectivity index (χ0v) is 6.60. The highest BCUT2D eigenvalue weighted by Gasteiger charge is 2.36. The molecule has 0 N–H and O–H groups in total. The van der Waals surface area contributed by atoms with Crippen molar-refractivity contribution in [3.8, 4) is 0 Å². The molecular formula is C9H16N-. The van der Waals surface area contributed by atoms with Crippen LogP contribution in [-0.2, 0) is 0 Å². The summed E-state index contributed by atoms with van der Waals surface area (Å²) in [5.41, 5.74) is 0.569. The van der Waals surface area contributed by atoms with E-state index < -0.39 is 0 Å². The second-order valence-corrected chi connectivity index (χ2v) is 3.80. The molecule has 1 heterocycles. The number of hydrogen-bond donors (Lipinski definition) is 0. The van der Waals surface area contributed by atoms with E-state index in [0.29, 0.717) is 5.54 Å². The molecule has 0 aromatic heterocycles. The average molecular weight is 138 g/mol. The number of likely N-dealkylation sites (tertiary alicyclic amines) is 1. The summed E-state index contributed by atoms with van der Waals surface area (Å²) in [6.45, 7) is 1.24. The molecule has 1 heteroatoms. The SMILES string of the molecule is [CH2-]N1CCCC12CCCC2. The molecule has 1 aliphatic heterocycles. The van der Waals surface area contributed by atoms with Crippen molar-refractivity contribution in [1.29, 1.82) is 0 Å². The summed E-state index contributed by atoms with van der Waals surface area (Å²) in [7, 11) is 4.11. The van der Waals surface area contributed by atoms with Gasteiger partial charge in [0.2, 0.25) is 0 Å². The minimum Gasteiger partial charge on any atom is -0.454 e. The Hall–Kier alpha value is -0.0400. The van der Waals surface area contributed by atoms with Crippen LogP contribution in [0.5, 0.6) is 0 Å². The molecule has 1 saturated heterocycles. The van der Waals surface area contributed by atoms with Gasteiger partial charge in [-0.15, -0.1) is 0 Å². The first-order chi connectivity index (χ1) is 4.83. The van der Waals surface area contributed by atoms with Crippen molar-refractivity contribution in [3.05, 3.63) is 7.05 Å². The van der Waals surface area contributed by atoms with E-state index in [1.54, 1.807) is 0 Å². The summed E-state index contributed by atoms with van der Waals surface area (Å²) in [6, 6.07) is 0. The third-order valence-electron chi connectivity index (χ3n) is 3.28. The molecule has 0 amide bonds. The van der Waals surface area contributed by atoms with E-state index in [0.717, 1.165) is 0 Å². The van der Waals surface area contributed by atoms with Gasteiger partial charge in [0.15, 0.2) is 0 Å². The average Bonchev–Trinajstić information content (AvgIpc) is 2.48. The first kappa shape index (κ1) is 6.66. The molecule has 0 aromatic carbocycles. The highest BCUT2D eigenvalue weighted by molar-refractivity contribution is 4.98. The lowest BCUT2D eigenvalue weighted by molar-refractivity contribution is 0.204. The van der Waals surface area contributed by atoms with Crippen LogP contribution in [0.1, 0.15) is 38.5 Å². The Labute approximate surface area is 63.4 Å². The molecule has 2 fully saturated rings. The van der Waals surface area contributed by atoms with E-state index in [4.69, 9.17) is 0 Å². The zero-order valence-electron chi connectivity index (χ0n) is 6.60. The third kappa shape index (κ3) is 0.800. The van der Waals surface area contributed by atoms with Crippen molar-refractivity contribution in [2.75, 3.05) is 6.54 Å². The van der Waals surface area contributed by atoms with Gasteiger partial charge in [0.25, 0.3) is 0 Å². The number of nitrogens with zero attached hydrogens (tertiary/aromatic N) is 1. The van der Waals surface area contributed by atoms with Crippen LogP contribution in [-0.4, -0.2) is 17.0 Å². The molecule has 1 spiro atoms. The monoisotopic (exact) mass is 138 g/mol. The highest BCUT2D eigenvalue weighted by Crippen LogP contribution is 2.42. The largest absolute Gasteiger partial charge is 0.454 e. The third-order valence-corrected chi connectivity index (χ3v) is 3.28. The summed E-state index contributed by atoms with van der Waals surface area (Å²) in [5.74, 6) is 0. The molecule has 1 aliphatic carbocycles. The maximum Gasteiger partial charge on any atom is -0.00670 e. The van der Waals surface area contributed by atoms with Gasteiger partial charge in [0.05, 0.1) is 0 Å². The van der Waals surface area contributed by atoms with Gasteiger partial charge in [-0.2, -0.15) is 0 Å². The van der Waals surface area contributed by atoms with Crippen molar-refractivity contribution in [1.82, 2.24) is 4.90 Å². The first-order valence-corrected chi connectivity index (χ1v) is 4.42. The normalized spacial score (nSPS) is 32.1. The quantitative estimate of drug-likeness (QED) is 0.464. The van der Waals surface area contributed by atoms with Gasteiger partial charge in [0, 0.05) is 0 Å². The van der Waals surface area contributed by atoms with Crippen LogP contribution in [0.3, 0.4) is 0 Å². The first-order valence-electron chi connectivity index (χ1n) is 4.42. The lowest BCUT2D eigenvalue weighted by atomic mass is 9.95. The fourth-order valence-electron chi connectivity index (χ4n) is 2.59. The van der Waals surface area contributed by atoms with Crippen LogP contribution in [0.25, 0.3) is 0 Å². The minimum atomic E-state index is 0.569. The van der Waals surface area contributed by atoms with Gasteiger partial charge in [-0.3, -0.25) is 7.05 Å². The van der Waals surface area contributed by atoms with Crippen molar-refractivity contribution in [2.24, 2.45) is 0 Å². The number of rotatable bonds is 0. The van der Waals surface area contributed by atoms with Crippen LogP contribution in [0.15, 0.2) is 0 Å². The van der Waals surface area contributed by atoms with Gasteiger partial charge in [-0.25, -0.2) is 0 Å². The van der Waals surface area contributed by atoms with E-state index in [1.807, 2.05) is 0 Å². The van der Waals surface area contributed by atoms with Gasteiger partial charge < -0.3 is 4.90 Å². The Morgan fingerprint density at radius 3 is 2.10 bits per heavy atom. The molecule has 2 rings (SSSR count). The van der Waals surface area contributed by atoms with Gasteiger partial charge in [-0.1, -0.05) is 12.8 Å². The molecule has 0 unspecified atom stereocenters. The second kappa shape index (κ2) is 2.23. The van der Waals surface area contributed by atoms with E-state index in [2.05, 4.69) is 11.9 Å². The second-order valence-electron chi connectivity index (χ2n) is 3.80. The Kier molecular flexibility index (Phi) is 1.48. The summed E-state index contributed by atoms with van der Waals surface area (Å²) in [6.07, 6.45) is 8.49.